The summed E-state index contributed by atoms with van der Waals surface area (Å²) < 4.78 is 5.44. The number of benzene rings is 1. The smallest absolute Gasteiger partial charge is 0.147 e. The number of hydrogen-bond donors (Lipinski definition) is 0. The van der Waals surface area contributed by atoms with Gasteiger partial charge in [-0.2, -0.15) is 5.26 Å². The SMILES string of the molecule is CCOc1cccc(-c2ccnc(Cl)c2C#N)c1. The maximum Gasteiger partial charge on any atom is 0.147 e. The fourth-order valence-electron chi connectivity index (χ4n) is 1.70. The van der Waals surface area contributed by atoms with Gasteiger partial charge in [-0.1, -0.05) is 23.7 Å². The van der Waals surface area contributed by atoms with Gasteiger partial charge in [0.1, 0.15) is 17.0 Å². The third-order valence-corrected chi connectivity index (χ3v) is 2.76. The first-order chi connectivity index (χ1) is 8.76. The highest BCUT2D eigenvalue weighted by atomic mass is 35.5. The monoisotopic (exact) mass is 258 g/mol. The van der Waals surface area contributed by atoms with Gasteiger partial charge in [0, 0.05) is 11.8 Å². The topological polar surface area (TPSA) is 45.9 Å². The number of aromatic nitrogens is 1. The van der Waals surface area contributed by atoms with Crippen molar-refractivity contribution in [1.82, 2.24) is 4.98 Å². The van der Waals surface area contributed by atoms with E-state index in [0.29, 0.717) is 12.2 Å². The molecule has 0 aliphatic heterocycles. The predicted molar refractivity (Wildman–Crippen MR) is 70.6 cm³/mol. The molecule has 0 fully saturated rings. The maximum absolute atomic E-state index is 9.13. The normalized spacial score (nSPS) is 9.83. The summed E-state index contributed by atoms with van der Waals surface area (Å²) >= 11 is 5.92. The third-order valence-electron chi connectivity index (χ3n) is 2.47. The van der Waals surface area contributed by atoms with Gasteiger partial charge in [-0.25, -0.2) is 4.98 Å². The fourth-order valence-corrected chi connectivity index (χ4v) is 1.90. The van der Waals surface area contributed by atoms with Crippen LogP contribution in [0, 0.1) is 11.3 Å². The summed E-state index contributed by atoms with van der Waals surface area (Å²) in [7, 11) is 0. The second-order valence-electron chi connectivity index (χ2n) is 3.60. The minimum absolute atomic E-state index is 0.219. The van der Waals surface area contributed by atoms with E-state index in [-0.39, 0.29) is 5.15 Å². The van der Waals surface area contributed by atoms with Gasteiger partial charge in [0.2, 0.25) is 0 Å². The molecule has 0 bridgehead atoms. The maximum atomic E-state index is 9.13. The zero-order valence-electron chi connectivity index (χ0n) is 9.85. The molecular formula is C14H11ClN2O. The summed E-state index contributed by atoms with van der Waals surface area (Å²) in [6, 6.07) is 11.4. The summed E-state index contributed by atoms with van der Waals surface area (Å²) in [5, 5.41) is 9.35. The van der Waals surface area contributed by atoms with Crippen LogP contribution >= 0.6 is 11.6 Å². The molecule has 1 heterocycles. The van der Waals surface area contributed by atoms with Gasteiger partial charge < -0.3 is 4.74 Å². The number of halogens is 1. The number of nitriles is 1. The van der Waals surface area contributed by atoms with Gasteiger partial charge in [0.25, 0.3) is 0 Å². The lowest BCUT2D eigenvalue weighted by Gasteiger charge is -2.08. The number of pyridine rings is 1. The zero-order valence-corrected chi connectivity index (χ0v) is 10.6. The second kappa shape index (κ2) is 5.52. The molecule has 0 N–H and O–H groups in total. The third kappa shape index (κ3) is 2.44. The van der Waals surface area contributed by atoms with Crippen LogP contribution in [0.25, 0.3) is 11.1 Å². The average molecular weight is 259 g/mol. The highest BCUT2D eigenvalue weighted by molar-refractivity contribution is 6.31. The molecule has 0 saturated heterocycles. The van der Waals surface area contributed by atoms with E-state index in [1.165, 1.54) is 0 Å². The van der Waals surface area contributed by atoms with Crippen molar-refractivity contribution in [3.63, 3.8) is 0 Å². The van der Waals surface area contributed by atoms with Crippen LogP contribution in [0.15, 0.2) is 36.5 Å². The molecule has 18 heavy (non-hydrogen) atoms. The minimum Gasteiger partial charge on any atom is -0.494 e. The Morgan fingerprint density at radius 2 is 2.22 bits per heavy atom. The van der Waals surface area contributed by atoms with Crippen molar-refractivity contribution in [3.8, 4) is 22.9 Å². The van der Waals surface area contributed by atoms with Crippen molar-refractivity contribution in [3.05, 3.63) is 47.2 Å². The molecule has 0 unspecified atom stereocenters. The van der Waals surface area contributed by atoms with E-state index in [2.05, 4.69) is 11.1 Å². The van der Waals surface area contributed by atoms with Crippen LogP contribution in [-0.4, -0.2) is 11.6 Å². The molecule has 90 valence electrons. The summed E-state index contributed by atoms with van der Waals surface area (Å²) in [5.74, 6) is 0.770. The molecule has 2 rings (SSSR count). The molecule has 0 saturated carbocycles. The first-order valence-electron chi connectivity index (χ1n) is 5.54. The Bertz CT molecular complexity index is 605. The Hall–Kier alpha value is -2.05. The summed E-state index contributed by atoms with van der Waals surface area (Å²) in [5.41, 5.74) is 2.04. The average Bonchev–Trinajstić information content (AvgIpc) is 2.39. The van der Waals surface area contributed by atoms with Crippen LogP contribution in [-0.2, 0) is 0 Å². The molecule has 0 aliphatic rings. The first kappa shape index (κ1) is 12.4. The van der Waals surface area contributed by atoms with Gasteiger partial charge >= 0.3 is 0 Å². The standard InChI is InChI=1S/C14H11ClN2O/c1-2-18-11-5-3-4-10(8-11)12-6-7-17-14(15)13(12)9-16/h3-8H,2H2,1H3. The predicted octanol–water partition coefficient (Wildman–Crippen LogP) is 3.67. The van der Waals surface area contributed by atoms with Crippen molar-refractivity contribution in [2.24, 2.45) is 0 Å². The quantitative estimate of drug-likeness (QED) is 0.789. The Kier molecular flexibility index (Phi) is 3.81. The molecule has 0 atom stereocenters. The highest BCUT2D eigenvalue weighted by Gasteiger charge is 2.10. The molecule has 1 aromatic heterocycles. The van der Waals surface area contributed by atoms with E-state index in [1.54, 1.807) is 12.3 Å². The van der Waals surface area contributed by atoms with Crippen molar-refractivity contribution < 1.29 is 4.74 Å². The van der Waals surface area contributed by atoms with E-state index in [9.17, 15) is 0 Å². The van der Waals surface area contributed by atoms with Crippen LogP contribution < -0.4 is 4.74 Å². The second-order valence-corrected chi connectivity index (χ2v) is 3.95. The molecule has 0 aliphatic carbocycles. The molecule has 2 aromatic rings. The minimum atomic E-state index is 0.219. The molecule has 4 heteroatoms. The summed E-state index contributed by atoms with van der Waals surface area (Å²) in [6.45, 7) is 2.53. The summed E-state index contributed by atoms with van der Waals surface area (Å²) in [6.07, 6.45) is 1.59. The van der Waals surface area contributed by atoms with Crippen molar-refractivity contribution >= 4 is 11.6 Å². The summed E-state index contributed by atoms with van der Waals surface area (Å²) in [4.78, 5) is 3.91. The molecule has 0 amide bonds. The lowest BCUT2D eigenvalue weighted by molar-refractivity contribution is 0.340. The van der Waals surface area contributed by atoms with Gasteiger partial charge in [-0.05, 0) is 30.7 Å². The molecular weight excluding hydrogens is 248 g/mol. The van der Waals surface area contributed by atoms with Gasteiger partial charge in [0.15, 0.2) is 0 Å². The Balaban J connectivity index is 2.52. The van der Waals surface area contributed by atoms with Crippen molar-refractivity contribution in [1.29, 1.82) is 5.26 Å². The van der Waals surface area contributed by atoms with Crippen LogP contribution in [0.1, 0.15) is 12.5 Å². The van der Waals surface area contributed by atoms with Crippen LogP contribution in [0.4, 0.5) is 0 Å². The Morgan fingerprint density at radius 1 is 1.39 bits per heavy atom. The lowest BCUT2D eigenvalue weighted by atomic mass is 10.0. The lowest BCUT2D eigenvalue weighted by Crippen LogP contribution is -1.92. The zero-order chi connectivity index (χ0) is 13.0. The molecule has 1 aromatic carbocycles. The van der Waals surface area contributed by atoms with Crippen LogP contribution in [0.2, 0.25) is 5.15 Å². The van der Waals surface area contributed by atoms with Crippen molar-refractivity contribution in [2.45, 2.75) is 6.92 Å². The van der Waals surface area contributed by atoms with Crippen LogP contribution in [0.5, 0.6) is 5.75 Å². The largest absolute Gasteiger partial charge is 0.494 e. The number of nitrogens with zero attached hydrogens (tertiary/aromatic N) is 2. The highest BCUT2D eigenvalue weighted by Crippen LogP contribution is 2.29. The Morgan fingerprint density at radius 3 is 2.94 bits per heavy atom. The van der Waals surface area contributed by atoms with Gasteiger partial charge in [-0.3, -0.25) is 0 Å². The first-order valence-corrected chi connectivity index (χ1v) is 5.92. The Labute approximate surface area is 111 Å². The van der Waals surface area contributed by atoms with Gasteiger partial charge in [0.05, 0.1) is 12.2 Å². The molecule has 0 spiro atoms. The van der Waals surface area contributed by atoms with Crippen molar-refractivity contribution in [2.75, 3.05) is 6.61 Å². The van der Waals surface area contributed by atoms with Crippen LogP contribution in [0.3, 0.4) is 0 Å². The molecule has 3 nitrogen and oxygen atoms in total. The molecule has 0 radical (unpaired) electrons. The fraction of sp³-hybridized carbons (Fsp3) is 0.143. The van der Waals surface area contributed by atoms with E-state index >= 15 is 0 Å². The van der Waals surface area contributed by atoms with E-state index in [0.717, 1.165) is 16.9 Å². The number of ether oxygens (including phenoxy) is 1. The number of hydrogen-bond acceptors (Lipinski definition) is 3. The van der Waals surface area contributed by atoms with E-state index in [1.807, 2.05) is 31.2 Å². The number of rotatable bonds is 3. The van der Waals surface area contributed by atoms with Gasteiger partial charge in [-0.15, -0.1) is 0 Å². The van der Waals surface area contributed by atoms with E-state index < -0.39 is 0 Å². The van der Waals surface area contributed by atoms with E-state index in [4.69, 9.17) is 21.6 Å².